The van der Waals surface area contributed by atoms with Gasteiger partial charge in [-0.15, -0.1) is 0 Å². The van der Waals surface area contributed by atoms with E-state index in [9.17, 15) is 14.0 Å². The van der Waals surface area contributed by atoms with Crippen LogP contribution in [0, 0.1) is 26.6 Å². The zero-order valence-corrected chi connectivity index (χ0v) is 20.0. The highest BCUT2D eigenvalue weighted by Crippen LogP contribution is 2.40. The van der Waals surface area contributed by atoms with Gasteiger partial charge < -0.3 is 9.80 Å². The van der Waals surface area contributed by atoms with Crippen molar-refractivity contribution >= 4 is 22.7 Å². The normalized spacial score (nSPS) is 17.7. The molecule has 2 amide bonds. The molecule has 1 spiro atoms. The van der Waals surface area contributed by atoms with Crippen LogP contribution in [0.3, 0.4) is 0 Å². The van der Waals surface area contributed by atoms with Crippen LogP contribution in [-0.2, 0) is 11.3 Å². The Morgan fingerprint density at radius 2 is 1.79 bits per heavy atom. The number of hydrogen-bond acceptors (Lipinski definition) is 3. The molecule has 2 aliphatic heterocycles. The first-order valence-corrected chi connectivity index (χ1v) is 12.0. The van der Waals surface area contributed by atoms with Gasteiger partial charge in [-0.3, -0.25) is 14.6 Å². The van der Waals surface area contributed by atoms with Crippen molar-refractivity contribution in [2.75, 3.05) is 13.1 Å². The van der Waals surface area contributed by atoms with Crippen LogP contribution in [0.25, 0.3) is 10.9 Å². The molecule has 3 heterocycles. The molecule has 0 aliphatic carbocycles. The van der Waals surface area contributed by atoms with E-state index in [1.54, 1.807) is 18.2 Å². The molecule has 5 nitrogen and oxygen atoms in total. The monoisotopic (exact) mass is 459 g/mol. The molecule has 34 heavy (non-hydrogen) atoms. The number of carbonyl (C=O) groups is 2. The number of benzene rings is 2. The molecule has 0 N–H and O–H groups in total. The molecule has 2 saturated heterocycles. The van der Waals surface area contributed by atoms with E-state index < -0.39 is 0 Å². The second kappa shape index (κ2) is 8.49. The Bertz CT molecular complexity index is 1290. The highest BCUT2D eigenvalue weighted by Gasteiger charge is 2.47. The summed E-state index contributed by atoms with van der Waals surface area (Å²) in [6.45, 7) is 7.42. The highest BCUT2D eigenvalue weighted by molar-refractivity contribution is 6.07. The second-order valence-electron chi connectivity index (χ2n) is 9.88. The number of piperidine rings is 1. The lowest BCUT2D eigenvalue weighted by Gasteiger charge is -2.45. The summed E-state index contributed by atoms with van der Waals surface area (Å²) in [6, 6.07) is 12.7. The Kier molecular flexibility index (Phi) is 5.62. The van der Waals surface area contributed by atoms with Gasteiger partial charge in [0.1, 0.15) is 5.82 Å². The minimum Gasteiger partial charge on any atom is -0.338 e. The maximum absolute atomic E-state index is 14.3. The maximum atomic E-state index is 14.3. The van der Waals surface area contributed by atoms with Crippen LogP contribution in [0.15, 0.2) is 42.5 Å². The Balaban J connectivity index is 1.38. The van der Waals surface area contributed by atoms with E-state index in [2.05, 4.69) is 11.1 Å². The fraction of sp³-hybridized carbons (Fsp3) is 0.393. The van der Waals surface area contributed by atoms with Gasteiger partial charge in [-0.05, 0) is 63.8 Å². The Labute approximate surface area is 199 Å². The van der Waals surface area contributed by atoms with Crippen molar-refractivity contribution in [3.63, 3.8) is 0 Å². The number of amides is 2. The van der Waals surface area contributed by atoms with Crippen LogP contribution in [0.1, 0.15) is 58.4 Å². The van der Waals surface area contributed by atoms with Gasteiger partial charge in [-0.2, -0.15) is 0 Å². The summed E-state index contributed by atoms with van der Waals surface area (Å²) in [6.07, 6.45) is 2.66. The Morgan fingerprint density at radius 3 is 2.53 bits per heavy atom. The molecule has 176 valence electrons. The SMILES string of the molecule is Cc1cc(C)c2nc(C)cc(C(=O)N3CCC4(CCC(=O)N4Cc4ccccc4F)CC3)c2c1. The van der Waals surface area contributed by atoms with Crippen molar-refractivity contribution in [2.24, 2.45) is 0 Å². The van der Waals surface area contributed by atoms with E-state index in [0.717, 1.165) is 34.1 Å². The van der Waals surface area contributed by atoms with Crippen molar-refractivity contribution in [3.8, 4) is 0 Å². The Morgan fingerprint density at radius 1 is 1.06 bits per heavy atom. The van der Waals surface area contributed by atoms with Gasteiger partial charge in [0.2, 0.25) is 5.91 Å². The molecular formula is C28H30FN3O2. The molecule has 2 fully saturated rings. The summed E-state index contributed by atoms with van der Waals surface area (Å²) in [4.78, 5) is 34.9. The number of hydrogen-bond donors (Lipinski definition) is 0. The number of aromatic nitrogens is 1. The summed E-state index contributed by atoms with van der Waals surface area (Å²) in [7, 11) is 0. The van der Waals surface area contributed by atoms with Gasteiger partial charge in [0.15, 0.2) is 0 Å². The molecule has 0 atom stereocenters. The summed E-state index contributed by atoms with van der Waals surface area (Å²) >= 11 is 0. The summed E-state index contributed by atoms with van der Waals surface area (Å²) < 4.78 is 14.3. The number of halogens is 1. The van der Waals surface area contributed by atoms with Crippen molar-refractivity contribution in [1.29, 1.82) is 0 Å². The van der Waals surface area contributed by atoms with E-state index in [-0.39, 0.29) is 29.7 Å². The first kappa shape index (κ1) is 22.5. The van der Waals surface area contributed by atoms with Gasteiger partial charge in [-0.1, -0.05) is 29.8 Å². The van der Waals surface area contributed by atoms with E-state index in [1.165, 1.54) is 6.07 Å². The molecule has 6 heteroatoms. The van der Waals surface area contributed by atoms with Crippen LogP contribution in [0.2, 0.25) is 0 Å². The van der Waals surface area contributed by atoms with Crippen molar-refractivity contribution in [1.82, 2.24) is 14.8 Å². The first-order valence-electron chi connectivity index (χ1n) is 12.0. The lowest BCUT2D eigenvalue weighted by molar-refractivity contribution is -0.133. The number of aryl methyl sites for hydroxylation is 3. The molecule has 3 aromatic rings. The summed E-state index contributed by atoms with van der Waals surface area (Å²) in [5, 5.41) is 0.894. The zero-order chi connectivity index (χ0) is 24.0. The van der Waals surface area contributed by atoms with Gasteiger partial charge in [0.05, 0.1) is 11.1 Å². The number of nitrogens with zero attached hydrogens (tertiary/aromatic N) is 3. The standard InChI is InChI=1S/C28H30FN3O2/c1-18-14-19(2)26-22(15-18)23(16-20(3)30-26)27(34)31-12-10-28(11-13-31)9-8-25(33)32(28)17-21-6-4-5-7-24(21)29/h4-7,14-16H,8-13,17H2,1-3H3. The Hall–Kier alpha value is -3.28. The molecule has 1 aromatic heterocycles. The third kappa shape index (κ3) is 3.85. The number of pyridine rings is 1. The van der Waals surface area contributed by atoms with Gasteiger partial charge in [-0.25, -0.2) is 4.39 Å². The number of fused-ring (bicyclic) bond motifs is 1. The molecule has 5 rings (SSSR count). The lowest BCUT2D eigenvalue weighted by atomic mass is 9.84. The summed E-state index contributed by atoms with van der Waals surface area (Å²) in [5.41, 5.74) is 4.80. The lowest BCUT2D eigenvalue weighted by Crippen LogP contribution is -2.53. The van der Waals surface area contributed by atoms with Crippen molar-refractivity contribution < 1.29 is 14.0 Å². The topological polar surface area (TPSA) is 53.5 Å². The van der Waals surface area contributed by atoms with E-state index in [0.29, 0.717) is 43.5 Å². The zero-order valence-electron chi connectivity index (χ0n) is 20.0. The average Bonchev–Trinajstić information content (AvgIpc) is 3.10. The van der Waals surface area contributed by atoms with E-state index in [4.69, 9.17) is 0 Å². The van der Waals surface area contributed by atoms with E-state index in [1.807, 2.05) is 42.7 Å². The third-order valence-corrected chi connectivity index (χ3v) is 7.55. The molecular weight excluding hydrogens is 429 g/mol. The van der Waals surface area contributed by atoms with Crippen LogP contribution >= 0.6 is 0 Å². The fourth-order valence-electron chi connectivity index (χ4n) is 5.73. The van der Waals surface area contributed by atoms with Crippen LogP contribution in [0.4, 0.5) is 4.39 Å². The van der Waals surface area contributed by atoms with Crippen LogP contribution in [0.5, 0.6) is 0 Å². The minimum atomic E-state index is -0.306. The quantitative estimate of drug-likeness (QED) is 0.548. The molecule has 0 bridgehead atoms. The van der Waals surface area contributed by atoms with Crippen molar-refractivity contribution in [2.45, 2.75) is 58.5 Å². The van der Waals surface area contributed by atoms with Gasteiger partial charge in [0.25, 0.3) is 5.91 Å². The van der Waals surface area contributed by atoms with Crippen molar-refractivity contribution in [3.05, 3.63) is 76.2 Å². The summed E-state index contributed by atoms with van der Waals surface area (Å²) in [5.74, 6) is -0.194. The van der Waals surface area contributed by atoms with Gasteiger partial charge >= 0.3 is 0 Å². The minimum absolute atomic E-state index is 0.0142. The number of carbonyl (C=O) groups excluding carboxylic acids is 2. The smallest absolute Gasteiger partial charge is 0.254 e. The molecule has 2 aromatic carbocycles. The maximum Gasteiger partial charge on any atom is 0.254 e. The van der Waals surface area contributed by atoms with Gasteiger partial charge in [0, 0.05) is 48.2 Å². The molecule has 0 radical (unpaired) electrons. The van der Waals surface area contributed by atoms with Crippen LogP contribution in [-0.4, -0.2) is 45.2 Å². The molecule has 2 aliphatic rings. The molecule has 0 saturated carbocycles. The first-order chi connectivity index (χ1) is 16.3. The third-order valence-electron chi connectivity index (χ3n) is 7.55. The number of rotatable bonds is 3. The highest BCUT2D eigenvalue weighted by atomic mass is 19.1. The number of likely N-dealkylation sites (tertiary alicyclic amines) is 2. The van der Waals surface area contributed by atoms with Crippen LogP contribution < -0.4 is 0 Å². The van der Waals surface area contributed by atoms with E-state index >= 15 is 0 Å². The molecule has 0 unspecified atom stereocenters. The average molecular weight is 460 g/mol. The second-order valence-corrected chi connectivity index (χ2v) is 9.88. The predicted octanol–water partition coefficient (Wildman–Crippen LogP) is 5.10. The largest absolute Gasteiger partial charge is 0.338 e. The fourth-order valence-corrected chi connectivity index (χ4v) is 5.73. The predicted molar refractivity (Wildman–Crippen MR) is 130 cm³/mol.